The van der Waals surface area contributed by atoms with Crippen LogP contribution in [0.4, 0.5) is 10.5 Å². The Morgan fingerprint density at radius 2 is 1.71 bits per heavy atom. The Morgan fingerprint density at radius 3 is 2.35 bits per heavy atom. The van der Waals surface area contributed by atoms with Gasteiger partial charge in [0.05, 0.1) is 19.2 Å². The fourth-order valence-corrected chi connectivity index (χ4v) is 5.65. The van der Waals surface area contributed by atoms with Gasteiger partial charge in [-0.05, 0) is 49.8 Å². The standard InChI is InChI=1S/C34H46N6O8/c1-21(2)30(38-27(41)8-6-5-7-15-39-28(42)13-14-29(39)43)32(45)36-23(4)31(44)37-25-11-9-24(10-12-25)20-48-34(46)40-16-17-47-33(40)26-18-22(3)19-35-26/h9-14,21,23,26,30,33,35H,3,5-8,15-20H2,1-2,4H3,(H,36,45)(H,37,44)(H,38,41)/t23-,26?,30?,33-/m0/s1. The summed E-state index contributed by atoms with van der Waals surface area (Å²) in [5, 5.41) is 11.5. The minimum atomic E-state index is -0.885. The quantitative estimate of drug-likeness (QED) is 0.124. The molecule has 48 heavy (non-hydrogen) atoms. The van der Waals surface area contributed by atoms with Crippen LogP contribution >= 0.6 is 0 Å². The number of unbranched alkanes of at least 4 members (excludes halogenated alkanes) is 2. The second-order valence-electron chi connectivity index (χ2n) is 12.6. The summed E-state index contributed by atoms with van der Waals surface area (Å²) < 4.78 is 11.3. The fourth-order valence-electron chi connectivity index (χ4n) is 5.65. The van der Waals surface area contributed by atoms with Gasteiger partial charge in [-0.25, -0.2) is 4.79 Å². The molecule has 0 bridgehead atoms. The number of amides is 6. The van der Waals surface area contributed by atoms with Gasteiger partial charge in [0, 0.05) is 37.3 Å². The van der Waals surface area contributed by atoms with Crippen LogP contribution in [-0.4, -0.2) is 96.0 Å². The van der Waals surface area contributed by atoms with Crippen molar-refractivity contribution in [2.24, 2.45) is 5.92 Å². The van der Waals surface area contributed by atoms with E-state index in [1.807, 2.05) is 0 Å². The number of hydrogen-bond acceptors (Lipinski definition) is 9. The first-order valence-corrected chi connectivity index (χ1v) is 16.4. The largest absolute Gasteiger partial charge is 0.444 e. The highest BCUT2D eigenvalue weighted by Crippen LogP contribution is 2.23. The molecule has 6 amide bonds. The molecule has 0 spiro atoms. The van der Waals surface area contributed by atoms with Gasteiger partial charge in [-0.2, -0.15) is 0 Å². The van der Waals surface area contributed by atoms with Crippen molar-refractivity contribution >= 4 is 41.3 Å². The van der Waals surface area contributed by atoms with Gasteiger partial charge in [0.2, 0.25) is 17.7 Å². The average Bonchev–Trinajstić information content (AvgIpc) is 3.79. The summed E-state index contributed by atoms with van der Waals surface area (Å²) in [6.45, 7) is 11.1. The van der Waals surface area contributed by atoms with E-state index >= 15 is 0 Å². The zero-order valence-corrected chi connectivity index (χ0v) is 27.8. The van der Waals surface area contributed by atoms with Gasteiger partial charge in [-0.3, -0.25) is 33.8 Å². The lowest BCUT2D eigenvalue weighted by Crippen LogP contribution is -2.53. The summed E-state index contributed by atoms with van der Waals surface area (Å²) in [4.78, 5) is 77.2. The molecule has 14 heteroatoms. The molecule has 3 heterocycles. The molecule has 1 aromatic carbocycles. The van der Waals surface area contributed by atoms with E-state index in [9.17, 15) is 28.8 Å². The molecule has 14 nitrogen and oxygen atoms in total. The normalized spacial score (nSPS) is 20.3. The molecule has 4 rings (SSSR count). The molecule has 2 fully saturated rings. The van der Waals surface area contributed by atoms with Crippen molar-refractivity contribution in [2.45, 2.75) is 83.8 Å². The van der Waals surface area contributed by atoms with Gasteiger partial charge in [0.25, 0.3) is 11.8 Å². The van der Waals surface area contributed by atoms with Crippen LogP contribution in [0.1, 0.15) is 58.4 Å². The van der Waals surface area contributed by atoms with Crippen LogP contribution < -0.4 is 21.3 Å². The van der Waals surface area contributed by atoms with Crippen molar-refractivity contribution < 1.29 is 38.2 Å². The molecular weight excluding hydrogens is 620 g/mol. The van der Waals surface area contributed by atoms with Crippen LogP contribution in [0, 0.1) is 5.92 Å². The maximum Gasteiger partial charge on any atom is 0.412 e. The first kappa shape index (κ1) is 36.3. The Hall–Kier alpha value is -4.56. The van der Waals surface area contributed by atoms with E-state index in [1.54, 1.807) is 49.9 Å². The lowest BCUT2D eigenvalue weighted by atomic mass is 10.0. The molecule has 3 aliphatic heterocycles. The summed E-state index contributed by atoms with van der Waals surface area (Å²) in [5.41, 5.74) is 2.31. The molecule has 0 saturated carbocycles. The van der Waals surface area contributed by atoms with E-state index in [0.29, 0.717) is 51.2 Å². The number of hydrogen-bond donors (Lipinski definition) is 4. The Bertz CT molecular complexity index is 1390. The van der Waals surface area contributed by atoms with Gasteiger partial charge >= 0.3 is 6.09 Å². The minimum absolute atomic E-state index is 0.00781. The van der Waals surface area contributed by atoms with Crippen LogP contribution in [0.5, 0.6) is 0 Å². The van der Waals surface area contributed by atoms with Crippen LogP contribution in [0.2, 0.25) is 0 Å². The molecule has 3 aliphatic rings. The number of nitrogens with one attached hydrogen (secondary N) is 4. The van der Waals surface area contributed by atoms with Crippen molar-refractivity contribution in [3.63, 3.8) is 0 Å². The van der Waals surface area contributed by atoms with Crippen LogP contribution in [0.15, 0.2) is 48.6 Å². The maximum atomic E-state index is 13.0. The molecule has 1 aromatic rings. The zero-order valence-electron chi connectivity index (χ0n) is 27.8. The van der Waals surface area contributed by atoms with E-state index in [0.717, 1.165) is 17.6 Å². The third kappa shape index (κ3) is 9.97. The summed E-state index contributed by atoms with van der Waals surface area (Å²) >= 11 is 0. The van der Waals surface area contributed by atoms with E-state index in [2.05, 4.69) is 27.8 Å². The molecule has 2 unspecified atom stereocenters. The van der Waals surface area contributed by atoms with E-state index < -0.39 is 36.2 Å². The second kappa shape index (κ2) is 17.0. The molecule has 4 N–H and O–H groups in total. The number of nitrogens with zero attached hydrogens (tertiary/aromatic N) is 2. The monoisotopic (exact) mass is 666 g/mol. The fraction of sp³-hybridized carbons (Fsp3) is 0.529. The van der Waals surface area contributed by atoms with Crippen molar-refractivity contribution in [1.29, 1.82) is 0 Å². The van der Waals surface area contributed by atoms with Gasteiger partial charge in [-0.15, -0.1) is 0 Å². The number of rotatable bonds is 15. The molecule has 0 aliphatic carbocycles. The Morgan fingerprint density at radius 1 is 1.00 bits per heavy atom. The van der Waals surface area contributed by atoms with Crippen LogP contribution in [0.25, 0.3) is 0 Å². The smallest absolute Gasteiger partial charge is 0.412 e. The number of imide groups is 1. The Labute approximate surface area is 280 Å². The number of carbonyl (C=O) groups is 6. The summed E-state index contributed by atoms with van der Waals surface area (Å²) in [5.74, 6) is -2.10. The van der Waals surface area contributed by atoms with Crippen molar-refractivity contribution in [2.75, 3.05) is 31.6 Å². The Kier molecular flexibility index (Phi) is 12.9. The van der Waals surface area contributed by atoms with Crippen LogP contribution in [0.3, 0.4) is 0 Å². The zero-order chi connectivity index (χ0) is 34.8. The van der Waals surface area contributed by atoms with E-state index in [-0.39, 0.29) is 42.7 Å². The number of benzene rings is 1. The lowest BCUT2D eigenvalue weighted by molar-refractivity contribution is -0.137. The molecule has 0 aromatic heterocycles. The van der Waals surface area contributed by atoms with Gasteiger partial charge in [-0.1, -0.05) is 44.6 Å². The summed E-state index contributed by atoms with van der Waals surface area (Å²) in [6.07, 6.45) is 4.30. The number of ether oxygens (including phenoxy) is 2. The number of carbonyl (C=O) groups excluding carboxylic acids is 6. The summed E-state index contributed by atoms with van der Waals surface area (Å²) in [6, 6.07) is 5.10. The van der Waals surface area contributed by atoms with E-state index in [4.69, 9.17) is 9.47 Å². The first-order chi connectivity index (χ1) is 22.9. The van der Waals surface area contributed by atoms with Crippen molar-refractivity contribution in [3.8, 4) is 0 Å². The molecule has 2 saturated heterocycles. The topological polar surface area (TPSA) is 175 Å². The molecular formula is C34H46N6O8. The number of anilines is 1. The first-order valence-electron chi connectivity index (χ1n) is 16.4. The summed E-state index contributed by atoms with van der Waals surface area (Å²) in [7, 11) is 0. The van der Waals surface area contributed by atoms with Crippen molar-refractivity contribution in [3.05, 3.63) is 54.1 Å². The van der Waals surface area contributed by atoms with Crippen LogP contribution in [-0.2, 0) is 40.1 Å². The highest BCUT2D eigenvalue weighted by molar-refractivity contribution is 6.12. The van der Waals surface area contributed by atoms with Crippen molar-refractivity contribution in [1.82, 2.24) is 25.8 Å². The molecule has 0 radical (unpaired) electrons. The van der Waals surface area contributed by atoms with Gasteiger partial charge < -0.3 is 30.7 Å². The molecule has 260 valence electrons. The minimum Gasteiger partial charge on any atom is -0.444 e. The second-order valence-corrected chi connectivity index (χ2v) is 12.6. The van der Waals surface area contributed by atoms with Gasteiger partial charge in [0.1, 0.15) is 18.7 Å². The Balaban J connectivity index is 1.16. The lowest BCUT2D eigenvalue weighted by Gasteiger charge is -2.27. The third-order valence-electron chi connectivity index (χ3n) is 8.42. The maximum absolute atomic E-state index is 13.0. The highest BCUT2D eigenvalue weighted by Gasteiger charge is 2.38. The predicted octanol–water partition coefficient (Wildman–Crippen LogP) is 1.97. The predicted molar refractivity (Wildman–Crippen MR) is 176 cm³/mol. The van der Waals surface area contributed by atoms with E-state index in [1.165, 1.54) is 17.1 Å². The molecule has 4 atom stereocenters. The van der Waals surface area contributed by atoms with Gasteiger partial charge in [0.15, 0.2) is 6.23 Å². The third-order valence-corrected chi connectivity index (χ3v) is 8.42. The SMILES string of the molecule is C=C1CNC([C@@H]2OCCN2C(=O)OCc2ccc(NC(=O)[C@H](C)NC(=O)C(NC(=O)CCCCCN3C(=O)C=CC3=O)C(C)C)cc2)C1. The average molecular weight is 667 g/mol. The highest BCUT2D eigenvalue weighted by atomic mass is 16.6.